The zero-order valence-electron chi connectivity index (χ0n) is 15.4. The summed E-state index contributed by atoms with van der Waals surface area (Å²) in [4.78, 5) is 16.8. The minimum Gasteiger partial charge on any atom is -0.302 e. The first-order valence-corrected chi connectivity index (χ1v) is 10.5. The van der Waals surface area contributed by atoms with Crippen molar-refractivity contribution in [3.8, 4) is 11.4 Å². The van der Waals surface area contributed by atoms with Crippen LogP contribution in [0.1, 0.15) is 32.2 Å². The lowest BCUT2D eigenvalue weighted by molar-refractivity contribution is -0.115. The van der Waals surface area contributed by atoms with E-state index in [2.05, 4.69) is 30.7 Å². The molecule has 0 aliphatic heterocycles. The zero-order valence-corrected chi connectivity index (χ0v) is 17.0. The van der Waals surface area contributed by atoms with Crippen LogP contribution in [0.15, 0.2) is 29.7 Å². The van der Waals surface area contributed by atoms with Crippen LogP contribution in [-0.4, -0.2) is 41.1 Å². The Morgan fingerprint density at radius 1 is 1.26 bits per heavy atom. The largest absolute Gasteiger partial charge is 0.302 e. The standard InChI is InChI=1S/C17H21N7OS2/c1-4-12(15(25)19-16-22-20-13(5-2)27-16)26-17-23-21-14(24(17)6-3)11-8-7-9-18-10-11/h7-10,12H,4-6H2,1-3H3,(H,19,22,25). The molecule has 27 heavy (non-hydrogen) atoms. The van der Waals surface area contributed by atoms with Crippen molar-refractivity contribution in [2.24, 2.45) is 0 Å². The summed E-state index contributed by atoms with van der Waals surface area (Å²) in [5.74, 6) is 0.648. The fourth-order valence-corrected chi connectivity index (χ4v) is 4.15. The van der Waals surface area contributed by atoms with Crippen molar-refractivity contribution in [1.29, 1.82) is 0 Å². The van der Waals surface area contributed by atoms with Gasteiger partial charge in [0, 0.05) is 24.5 Å². The summed E-state index contributed by atoms with van der Waals surface area (Å²) in [7, 11) is 0. The first-order valence-electron chi connectivity index (χ1n) is 8.79. The van der Waals surface area contributed by atoms with Crippen molar-refractivity contribution in [2.45, 2.75) is 50.6 Å². The molecule has 1 atom stereocenters. The number of anilines is 1. The molecule has 10 heteroatoms. The third-order valence-corrected chi connectivity index (χ3v) is 6.19. The highest BCUT2D eigenvalue weighted by atomic mass is 32.2. The quantitative estimate of drug-likeness (QED) is 0.576. The average Bonchev–Trinajstić information content (AvgIpc) is 3.32. The molecule has 0 aliphatic carbocycles. The van der Waals surface area contributed by atoms with E-state index >= 15 is 0 Å². The number of rotatable bonds is 8. The van der Waals surface area contributed by atoms with Crippen LogP contribution in [0.2, 0.25) is 0 Å². The third kappa shape index (κ3) is 4.51. The van der Waals surface area contributed by atoms with E-state index in [1.54, 1.807) is 12.4 Å². The van der Waals surface area contributed by atoms with Crippen molar-refractivity contribution < 1.29 is 4.79 Å². The predicted molar refractivity (Wildman–Crippen MR) is 107 cm³/mol. The normalized spacial score (nSPS) is 12.1. The fourth-order valence-electron chi connectivity index (χ4n) is 2.45. The van der Waals surface area contributed by atoms with Gasteiger partial charge >= 0.3 is 0 Å². The van der Waals surface area contributed by atoms with Gasteiger partial charge in [-0.3, -0.25) is 15.1 Å². The van der Waals surface area contributed by atoms with Crippen LogP contribution < -0.4 is 5.32 Å². The van der Waals surface area contributed by atoms with Gasteiger partial charge in [0.25, 0.3) is 0 Å². The molecule has 8 nitrogen and oxygen atoms in total. The summed E-state index contributed by atoms with van der Waals surface area (Å²) < 4.78 is 2.00. The highest BCUT2D eigenvalue weighted by Gasteiger charge is 2.23. The molecular weight excluding hydrogens is 382 g/mol. The predicted octanol–water partition coefficient (Wildman–Crippen LogP) is 3.28. The van der Waals surface area contributed by atoms with E-state index in [9.17, 15) is 4.79 Å². The molecule has 0 aliphatic rings. The molecule has 3 rings (SSSR count). The molecule has 3 heterocycles. The summed E-state index contributed by atoms with van der Waals surface area (Å²) >= 11 is 2.81. The van der Waals surface area contributed by atoms with Crippen LogP contribution in [0.25, 0.3) is 11.4 Å². The van der Waals surface area contributed by atoms with Gasteiger partial charge in [0.05, 0.1) is 5.25 Å². The Balaban J connectivity index is 1.76. The molecular formula is C17H21N7OS2. The maximum atomic E-state index is 12.7. The molecule has 0 radical (unpaired) electrons. The minimum absolute atomic E-state index is 0.102. The van der Waals surface area contributed by atoms with E-state index in [-0.39, 0.29) is 11.2 Å². The van der Waals surface area contributed by atoms with E-state index in [0.717, 1.165) is 22.8 Å². The second kappa shape index (κ2) is 9.05. The van der Waals surface area contributed by atoms with Gasteiger partial charge in [-0.2, -0.15) is 0 Å². The topological polar surface area (TPSA) is 98.5 Å². The number of carbonyl (C=O) groups is 1. The van der Waals surface area contributed by atoms with Crippen LogP contribution in [-0.2, 0) is 17.8 Å². The monoisotopic (exact) mass is 403 g/mol. The fraction of sp³-hybridized carbons (Fsp3) is 0.412. The first kappa shape index (κ1) is 19.4. The average molecular weight is 404 g/mol. The van der Waals surface area contributed by atoms with E-state index in [1.165, 1.54) is 23.1 Å². The number of thioether (sulfide) groups is 1. The Morgan fingerprint density at radius 3 is 2.74 bits per heavy atom. The molecule has 1 unspecified atom stereocenters. The molecule has 0 saturated carbocycles. The molecule has 0 fully saturated rings. The number of carbonyl (C=O) groups excluding carboxylic acids is 1. The van der Waals surface area contributed by atoms with Gasteiger partial charge in [0.15, 0.2) is 11.0 Å². The maximum Gasteiger partial charge on any atom is 0.239 e. The van der Waals surface area contributed by atoms with E-state index in [0.29, 0.717) is 23.3 Å². The number of nitrogens with zero attached hydrogens (tertiary/aromatic N) is 6. The molecule has 0 spiro atoms. The van der Waals surface area contributed by atoms with Gasteiger partial charge in [-0.25, -0.2) is 0 Å². The Hall–Kier alpha value is -2.33. The van der Waals surface area contributed by atoms with Crippen LogP contribution >= 0.6 is 23.1 Å². The molecule has 1 N–H and O–H groups in total. The van der Waals surface area contributed by atoms with Crippen LogP contribution in [0.4, 0.5) is 5.13 Å². The van der Waals surface area contributed by atoms with Crippen molar-refractivity contribution in [2.75, 3.05) is 5.32 Å². The van der Waals surface area contributed by atoms with E-state index in [1.807, 2.05) is 37.5 Å². The number of hydrogen-bond donors (Lipinski definition) is 1. The van der Waals surface area contributed by atoms with Crippen LogP contribution in [0.3, 0.4) is 0 Å². The molecule has 3 aromatic heterocycles. The third-order valence-electron chi connectivity index (χ3n) is 3.86. The Bertz CT molecular complexity index is 894. The molecule has 142 valence electrons. The second-order valence-electron chi connectivity index (χ2n) is 5.65. The summed E-state index contributed by atoms with van der Waals surface area (Å²) in [5.41, 5.74) is 0.900. The number of pyridine rings is 1. The lowest BCUT2D eigenvalue weighted by Crippen LogP contribution is -2.25. The van der Waals surface area contributed by atoms with Gasteiger partial charge in [0.1, 0.15) is 5.01 Å². The van der Waals surface area contributed by atoms with Crippen LogP contribution in [0, 0.1) is 0 Å². The molecule has 3 aromatic rings. The summed E-state index contributed by atoms with van der Waals surface area (Å²) in [6.45, 7) is 6.72. The number of aromatic nitrogens is 6. The lowest BCUT2D eigenvalue weighted by Gasteiger charge is -2.13. The number of hydrogen-bond acceptors (Lipinski definition) is 8. The minimum atomic E-state index is -0.296. The Morgan fingerprint density at radius 2 is 2.11 bits per heavy atom. The van der Waals surface area contributed by atoms with Crippen molar-refractivity contribution in [3.05, 3.63) is 29.5 Å². The SMILES string of the molecule is CCc1nnc(NC(=O)C(CC)Sc2nnc(-c3cccnc3)n2CC)s1. The highest BCUT2D eigenvalue weighted by molar-refractivity contribution is 8.00. The molecule has 0 bridgehead atoms. The lowest BCUT2D eigenvalue weighted by atomic mass is 10.3. The first-order chi connectivity index (χ1) is 13.2. The number of amides is 1. The summed E-state index contributed by atoms with van der Waals surface area (Å²) in [6, 6.07) is 3.81. The molecule has 0 saturated heterocycles. The van der Waals surface area contributed by atoms with Gasteiger partial charge in [-0.05, 0) is 31.9 Å². The Labute approximate surface area is 165 Å². The van der Waals surface area contributed by atoms with Gasteiger partial charge < -0.3 is 4.57 Å². The van der Waals surface area contributed by atoms with Gasteiger partial charge in [0.2, 0.25) is 11.0 Å². The number of aryl methyl sites for hydroxylation is 1. The summed E-state index contributed by atoms with van der Waals surface area (Å²) in [5, 5.41) is 21.4. The van der Waals surface area contributed by atoms with E-state index < -0.39 is 0 Å². The van der Waals surface area contributed by atoms with E-state index in [4.69, 9.17) is 0 Å². The van der Waals surface area contributed by atoms with Crippen molar-refractivity contribution in [3.63, 3.8) is 0 Å². The molecule has 0 aromatic carbocycles. The second-order valence-corrected chi connectivity index (χ2v) is 7.88. The number of nitrogens with one attached hydrogen (secondary N) is 1. The van der Waals surface area contributed by atoms with Crippen molar-refractivity contribution >= 4 is 34.1 Å². The molecule has 1 amide bonds. The zero-order chi connectivity index (χ0) is 19.2. The summed E-state index contributed by atoms with van der Waals surface area (Å²) in [6.07, 6.45) is 4.95. The van der Waals surface area contributed by atoms with Gasteiger partial charge in [-0.15, -0.1) is 20.4 Å². The van der Waals surface area contributed by atoms with Crippen molar-refractivity contribution in [1.82, 2.24) is 29.9 Å². The van der Waals surface area contributed by atoms with Crippen LogP contribution in [0.5, 0.6) is 0 Å². The smallest absolute Gasteiger partial charge is 0.239 e. The van der Waals surface area contributed by atoms with Gasteiger partial charge in [-0.1, -0.05) is 36.9 Å². The maximum absolute atomic E-state index is 12.7. The highest BCUT2D eigenvalue weighted by Crippen LogP contribution is 2.29. The Kier molecular flexibility index (Phi) is 6.51.